The summed E-state index contributed by atoms with van der Waals surface area (Å²) >= 11 is 1.59. The number of carbonyl (C=O) groups is 1. The van der Waals surface area contributed by atoms with Crippen LogP contribution in [-0.2, 0) is 11.2 Å². The van der Waals surface area contributed by atoms with Crippen LogP contribution < -0.4 is 10.1 Å². The molecule has 0 radical (unpaired) electrons. The lowest BCUT2D eigenvalue weighted by molar-refractivity contribution is -0.116. The van der Waals surface area contributed by atoms with Gasteiger partial charge in [0.15, 0.2) is 4.96 Å². The first-order valence-corrected chi connectivity index (χ1v) is 10.9. The maximum absolute atomic E-state index is 12.6. The Bertz CT molecular complexity index is 1160. The van der Waals surface area contributed by atoms with Crippen molar-refractivity contribution in [2.45, 2.75) is 32.6 Å². The lowest BCUT2D eigenvalue weighted by Crippen LogP contribution is -2.14. The molecule has 0 bridgehead atoms. The molecule has 0 saturated carbocycles. The quantitative estimate of drug-likeness (QED) is 0.414. The molecule has 2 heterocycles. The van der Waals surface area contributed by atoms with Gasteiger partial charge in [-0.2, -0.15) is 0 Å². The summed E-state index contributed by atoms with van der Waals surface area (Å²) in [6.45, 7) is 4.26. The van der Waals surface area contributed by atoms with E-state index in [9.17, 15) is 4.79 Å². The summed E-state index contributed by atoms with van der Waals surface area (Å²) in [5.74, 6) is 1.21. The number of aryl methyl sites for hydroxylation is 1. The second-order valence-electron chi connectivity index (χ2n) is 7.52. The van der Waals surface area contributed by atoms with Gasteiger partial charge in [0.2, 0.25) is 5.91 Å². The highest BCUT2D eigenvalue weighted by atomic mass is 32.1. The predicted molar refractivity (Wildman–Crippen MR) is 123 cm³/mol. The van der Waals surface area contributed by atoms with Crippen LogP contribution in [0.1, 0.15) is 37.4 Å². The Morgan fingerprint density at radius 3 is 2.67 bits per heavy atom. The number of amides is 1. The van der Waals surface area contributed by atoms with Crippen LogP contribution in [0.3, 0.4) is 0 Å². The lowest BCUT2D eigenvalue weighted by Gasteiger charge is -2.13. The summed E-state index contributed by atoms with van der Waals surface area (Å²) in [6, 6.07) is 15.9. The number of anilines is 1. The monoisotopic (exact) mass is 419 g/mol. The number of fused-ring (bicyclic) bond motifs is 1. The molecule has 0 fully saturated rings. The minimum absolute atomic E-state index is 0.0259. The number of ether oxygens (including phenoxy) is 1. The standard InChI is InChI=1S/C24H25N3O2S/c1-16(2)20-6-4-5-7-21(20)25-23(28)13-10-18-15-30-24-26-22(14-27(18)24)17-8-11-19(29-3)12-9-17/h4-9,11-12,14-16H,10,13H2,1-3H3,(H,25,28). The number of rotatable bonds is 7. The van der Waals surface area contributed by atoms with Gasteiger partial charge in [0.1, 0.15) is 5.75 Å². The Balaban J connectivity index is 1.45. The molecular weight excluding hydrogens is 394 g/mol. The predicted octanol–water partition coefficient (Wildman–Crippen LogP) is 5.77. The van der Waals surface area contributed by atoms with E-state index in [0.717, 1.165) is 38.9 Å². The van der Waals surface area contributed by atoms with Gasteiger partial charge < -0.3 is 10.1 Å². The first-order valence-electron chi connectivity index (χ1n) is 10.0. The van der Waals surface area contributed by atoms with E-state index in [4.69, 9.17) is 9.72 Å². The van der Waals surface area contributed by atoms with Crippen LogP contribution in [-0.4, -0.2) is 22.4 Å². The summed E-state index contributed by atoms with van der Waals surface area (Å²) in [6.07, 6.45) is 3.12. The molecule has 4 rings (SSSR count). The van der Waals surface area contributed by atoms with E-state index < -0.39 is 0 Å². The molecule has 2 aromatic carbocycles. The van der Waals surface area contributed by atoms with Gasteiger partial charge in [0.25, 0.3) is 0 Å². The molecule has 0 spiro atoms. The van der Waals surface area contributed by atoms with E-state index in [1.54, 1.807) is 18.4 Å². The zero-order valence-electron chi connectivity index (χ0n) is 17.4. The fourth-order valence-corrected chi connectivity index (χ4v) is 4.39. The third-order valence-electron chi connectivity index (χ3n) is 5.13. The SMILES string of the molecule is COc1ccc(-c2cn3c(CCC(=O)Nc4ccccc4C(C)C)csc3n2)cc1. The van der Waals surface area contributed by atoms with Gasteiger partial charge in [-0.25, -0.2) is 4.98 Å². The van der Waals surface area contributed by atoms with Crippen molar-refractivity contribution in [3.05, 3.63) is 71.4 Å². The number of carbonyl (C=O) groups excluding carboxylic acids is 1. The molecule has 0 saturated heterocycles. The van der Waals surface area contributed by atoms with Gasteiger partial charge in [-0.05, 0) is 48.2 Å². The van der Waals surface area contributed by atoms with E-state index in [0.29, 0.717) is 18.8 Å². The van der Waals surface area contributed by atoms with Crippen molar-refractivity contribution in [3.8, 4) is 17.0 Å². The maximum Gasteiger partial charge on any atom is 0.224 e. The number of thiazole rings is 1. The van der Waals surface area contributed by atoms with Crippen molar-refractivity contribution in [2.75, 3.05) is 12.4 Å². The van der Waals surface area contributed by atoms with Crippen molar-refractivity contribution in [3.63, 3.8) is 0 Å². The van der Waals surface area contributed by atoms with Crippen molar-refractivity contribution < 1.29 is 9.53 Å². The van der Waals surface area contributed by atoms with Crippen LogP contribution >= 0.6 is 11.3 Å². The molecular formula is C24H25N3O2S. The number of hydrogen-bond acceptors (Lipinski definition) is 4. The van der Waals surface area contributed by atoms with Crippen molar-refractivity contribution >= 4 is 27.9 Å². The fourth-order valence-electron chi connectivity index (χ4n) is 3.48. The molecule has 0 unspecified atom stereocenters. The summed E-state index contributed by atoms with van der Waals surface area (Å²) in [7, 11) is 1.66. The highest BCUT2D eigenvalue weighted by Crippen LogP contribution is 2.26. The molecule has 0 aliphatic rings. The minimum atomic E-state index is 0.0259. The summed E-state index contributed by atoms with van der Waals surface area (Å²) in [4.78, 5) is 18.2. The summed E-state index contributed by atoms with van der Waals surface area (Å²) in [5.41, 5.74) is 5.11. The van der Waals surface area contributed by atoms with Crippen molar-refractivity contribution in [1.82, 2.24) is 9.38 Å². The van der Waals surface area contributed by atoms with Crippen LogP contribution in [0.2, 0.25) is 0 Å². The number of hydrogen-bond donors (Lipinski definition) is 1. The lowest BCUT2D eigenvalue weighted by atomic mass is 10.0. The van der Waals surface area contributed by atoms with Crippen LogP contribution in [0.5, 0.6) is 5.75 Å². The van der Waals surface area contributed by atoms with Crippen LogP contribution in [0.4, 0.5) is 5.69 Å². The smallest absolute Gasteiger partial charge is 0.224 e. The van der Waals surface area contributed by atoms with E-state index in [2.05, 4.69) is 35.0 Å². The van der Waals surface area contributed by atoms with Crippen LogP contribution in [0.25, 0.3) is 16.2 Å². The van der Waals surface area contributed by atoms with Crippen LogP contribution in [0, 0.1) is 0 Å². The Hall–Kier alpha value is -3.12. The number of methoxy groups -OCH3 is 1. The number of aromatic nitrogens is 2. The Kier molecular flexibility index (Phi) is 5.86. The second kappa shape index (κ2) is 8.71. The van der Waals surface area contributed by atoms with Gasteiger partial charge in [-0.15, -0.1) is 11.3 Å². The second-order valence-corrected chi connectivity index (χ2v) is 8.36. The van der Waals surface area contributed by atoms with E-state index in [-0.39, 0.29) is 5.91 Å². The summed E-state index contributed by atoms with van der Waals surface area (Å²) < 4.78 is 7.31. The number of imidazole rings is 1. The molecule has 0 aliphatic carbocycles. The molecule has 4 aromatic rings. The minimum Gasteiger partial charge on any atom is -0.497 e. The largest absolute Gasteiger partial charge is 0.497 e. The molecule has 1 N–H and O–H groups in total. The van der Waals surface area contributed by atoms with Gasteiger partial charge in [0.05, 0.1) is 12.8 Å². The summed E-state index contributed by atoms with van der Waals surface area (Å²) in [5, 5.41) is 5.15. The number of benzene rings is 2. The van der Waals surface area contributed by atoms with Gasteiger partial charge >= 0.3 is 0 Å². The fraction of sp³-hybridized carbons (Fsp3) is 0.250. The molecule has 0 aliphatic heterocycles. The van der Waals surface area contributed by atoms with E-state index in [1.807, 2.05) is 48.7 Å². The van der Waals surface area contributed by atoms with Gasteiger partial charge in [0, 0.05) is 34.9 Å². The van der Waals surface area contributed by atoms with E-state index in [1.165, 1.54) is 0 Å². The van der Waals surface area contributed by atoms with Crippen LogP contribution in [0.15, 0.2) is 60.1 Å². The topological polar surface area (TPSA) is 55.6 Å². The van der Waals surface area contributed by atoms with E-state index >= 15 is 0 Å². The normalized spacial score (nSPS) is 11.2. The zero-order valence-corrected chi connectivity index (χ0v) is 18.2. The molecule has 0 atom stereocenters. The number of nitrogens with one attached hydrogen (secondary N) is 1. The molecule has 2 aromatic heterocycles. The molecule has 30 heavy (non-hydrogen) atoms. The average molecular weight is 420 g/mol. The highest BCUT2D eigenvalue weighted by Gasteiger charge is 2.13. The highest BCUT2D eigenvalue weighted by molar-refractivity contribution is 7.15. The number of para-hydroxylation sites is 1. The molecule has 154 valence electrons. The Morgan fingerprint density at radius 2 is 1.93 bits per heavy atom. The first kappa shape index (κ1) is 20.2. The maximum atomic E-state index is 12.6. The molecule has 6 heteroatoms. The average Bonchev–Trinajstić information content (AvgIpc) is 3.34. The molecule has 1 amide bonds. The molecule has 5 nitrogen and oxygen atoms in total. The van der Waals surface area contributed by atoms with Gasteiger partial charge in [-0.3, -0.25) is 9.20 Å². The van der Waals surface area contributed by atoms with Crippen molar-refractivity contribution in [2.24, 2.45) is 0 Å². The van der Waals surface area contributed by atoms with Crippen molar-refractivity contribution in [1.29, 1.82) is 0 Å². The Labute approximate surface area is 180 Å². The first-order chi connectivity index (χ1) is 14.5. The van der Waals surface area contributed by atoms with Gasteiger partial charge in [-0.1, -0.05) is 32.0 Å². The third-order valence-corrected chi connectivity index (χ3v) is 6.02. The third kappa shape index (κ3) is 4.24. The number of nitrogens with zero attached hydrogens (tertiary/aromatic N) is 2. The zero-order chi connectivity index (χ0) is 21.1. The Morgan fingerprint density at radius 1 is 1.17 bits per heavy atom.